The van der Waals surface area contributed by atoms with Gasteiger partial charge in [0.05, 0.1) is 0 Å². The minimum Gasteiger partial charge on any atom is -0.381 e. The molecule has 0 saturated carbocycles. The monoisotopic (exact) mass is 291 g/mol. The molecule has 4 nitrogen and oxygen atoms in total. The predicted molar refractivity (Wildman–Crippen MR) is 85.5 cm³/mol. The maximum Gasteiger partial charge on any atom is 0.129 e. The Labute approximate surface area is 128 Å². The molecular formula is C17H29N3O. The first-order valence-corrected chi connectivity index (χ1v) is 8.21. The van der Waals surface area contributed by atoms with Gasteiger partial charge in [-0.1, -0.05) is 13.8 Å². The minimum absolute atomic E-state index is 0.599. The summed E-state index contributed by atoms with van der Waals surface area (Å²) >= 11 is 0. The van der Waals surface area contributed by atoms with Crippen LogP contribution in [0.4, 0.5) is 0 Å². The fourth-order valence-corrected chi connectivity index (χ4v) is 3.01. The fourth-order valence-electron chi connectivity index (χ4n) is 3.01. The molecule has 2 atom stereocenters. The van der Waals surface area contributed by atoms with Crippen molar-refractivity contribution in [3.8, 4) is 0 Å². The highest BCUT2D eigenvalue weighted by Gasteiger charge is 2.19. The zero-order chi connectivity index (χ0) is 15.2. The minimum atomic E-state index is 0.599. The van der Waals surface area contributed by atoms with Crippen molar-refractivity contribution in [2.75, 3.05) is 26.3 Å². The Morgan fingerprint density at radius 1 is 1.29 bits per heavy atom. The Kier molecular flexibility index (Phi) is 6.12. The van der Waals surface area contributed by atoms with Crippen LogP contribution >= 0.6 is 0 Å². The van der Waals surface area contributed by atoms with Crippen LogP contribution < -0.4 is 5.32 Å². The average molecular weight is 291 g/mol. The van der Waals surface area contributed by atoms with E-state index in [0.29, 0.717) is 11.8 Å². The van der Waals surface area contributed by atoms with Crippen molar-refractivity contribution in [3.05, 3.63) is 22.8 Å². The number of nitrogens with zero attached hydrogens (tertiary/aromatic N) is 2. The number of hydrogen-bond acceptors (Lipinski definition) is 4. The number of ether oxygens (including phenoxy) is 1. The smallest absolute Gasteiger partial charge is 0.129 e. The van der Waals surface area contributed by atoms with Gasteiger partial charge in [-0.2, -0.15) is 0 Å². The van der Waals surface area contributed by atoms with Crippen molar-refractivity contribution in [2.45, 2.75) is 47.0 Å². The molecule has 2 heterocycles. The molecule has 0 aliphatic carbocycles. The Balaban J connectivity index is 2.02. The lowest BCUT2D eigenvalue weighted by molar-refractivity contribution is 0.185. The highest BCUT2D eigenvalue weighted by atomic mass is 16.5. The number of nitrogens with one attached hydrogen (secondary N) is 1. The van der Waals surface area contributed by atoms with Crippen LogP contribution in [0.15, 0.2) is 0 Å². The molecule has 1 aromatic rings. The zero-order valence-electron chi connectivity index (χ0n) is 13.9. The van der Waals surface area contributed by atoms with E-state index in [2.05, 4.69) is 33.0 Å². The molecule has 1 N–H and O–H groups in total. The third-order valence-electron chi connectivity index (χ3n) is 4.26. The maximum atomic E-state index is 5.44. The van der Waals surface area contributed by atoms with E-state index in [9.17, 15) is 0 Å². The van der Waals surface area contributed by atoms with E-state index in [1.54, 1.807) is 0 Å². The van der Waals surface area contributed by atoms with Gasteiger partial charge in [-0.05, 0) is 57.2 Å². The van der Waals surface area contributed by atoms with Gasteiger partial charge in [0.2, 0.25) is 0 Å². The second-order valence-corrected chi connectivity index (χ2v) is 6.34. The Morgan fingerprint density at radius 3 is 2.57 bits per heavy atom. The zero-order valence-corrected chi connectivity index (χ0v) is 13.9. The van der Waals surface area contributed by atoms with Crippen LogP contribution in [-0.2, 0) is 17.6 Å². The molecule has 1 aliphatic heterocycles. The van der Waals surface area contributed by atoms with Gasteiger partial charge in [0.15, 0.2) is 0 Å². The number of aryl methyl sites for hydroxylation is 2. The van der Waals surface area contributed by atoms with Crippen LogP contribution in [0.2, 0.25) is 0 Å². The predicted octanol–water partition coefficient (Wildman–Crippen LogP) is 2.46. The molecular weight excluding hydrogens is 262 g/mol. The molecule has 0 radical (unpaired) electrons. The van der Waals surface area contributed by atoms with E-state index in [1.165, 1.54) is 5.56 Å². The molecule has 2 rings (SSSR count). The summed E-state index contributed by atoms with van der Waals surface area (Å²) in [4.78, 5) is 9.49. The van der Waals surface area contributed by atoms with Crippen LogP contribution in [0.1, 0.15) is 43.0 Å². The Bertz CT molecular complexity index is 432. The molecule has 1 fully saturated rings. The lowest BCUT2D eigenvalue weighted by Crippen LogP contribution is -2.23. The summed E-state index contributed by atoms with van der Waals surface area (Å²) in [5.41, 5.74) is 3.63. The van der Waals surface area contributed by atoms with Crippen LogP contribution in [0.25, 0.3) is 0 Å². The van der Waals surface area contributed by atoms with Gasteiger partial charge in [-0.25, -0.2) is 9.97 Å². The van der Waals surface area contributed by atoms with Crippen LogP contribution in [0.5, 0.6) is 0 Å². The summed E-state index contributed by atoms with van der Waals surface area (Å²) in [5.74, 6) is 2.20. The molecule has 1 saturated heterocycles. The first kappa shape index (κ1) is 16.4. The molecule has 0 amide bonds. The van der Waals surface area contributed by atoms with Gasteiger partial charge in [0.1, 0.15) is 5.82 Å². The van der Waals surface area contributed by atoms with Crippen molar-refractivity contribution < 1.29 is 4.74 Å². The molecule has 4 heteroatoms. The van der Waals surface area contributed by atoms with Crippen molar-refractivity contribution in [1.82, 2.24) is 15.3 Å². The first-order chi connectivity index (χ1) is 10.1. The molecule has 118 valence electrons. The van der Waals surface area contributed by atoms with Gasteiger partial charge in [-0.15, -0.1) is 0 Å². The summed E-state index contributed by atoms with van der Waals surface area (Å²) in [6.45, 7) is 12.5. The largest absolute Gasteiger partial charge is 0.381 e. The molecule has 0 aromatic carbocycles. The molecule has 2 unspecified atom stereocenters. The topological polar surface area (TPSA) is 47.0 Å². The molecule has 0 bridgehead atoms. The third-order valence-corrected chi connectivity index (χ3v) is 4.26. The number of hydrogen-bond donors (Lipinski definition) is 1. The summed E-state index contributed by atoms with van der Waals surface area (Å²) in [6, 6.07) is 0. The van der Waals surface area contributed by atoms with Crippen molar-refractivity contribution in [3.63, 3.8) is 0 Å². The lowest BCUT2D eigenvalue weighted by atomic mass is 9.98. The van der Waals surface area contributed by atoms with Gasteiger partial charge >= 0.3 is 0 Å². The van der Waals surface area contributed by atoms with E-state index in [0.717, 1.165) is 62.8 Å². The van der Waals surface area contributed by atoms with Crippen molar-refractivity contribution in [2.24, 2.45) is 11.8 Å². The molecule has 1 aromatic heterocycles. The summed E-state index contributed by atoms with van der Waals surface area (Å²) in [5, 5.41) is 3.41. The second kappa shape index (κ2) is 7.85. The fraction of sp³-hybridized carbons (Fsp3) is 0.765. The Hall–Kier alpha value is -1.00. The van der Waals surface area contributed by atoms with E-state index in [-0.39, 0.29) is 0 Å². The van der Waals surface area contributed by atoms with Gasteiger partial charge in [-0.3, -0.25) is 0 Å². The highest BCUT2D eigenvalue weighted by molar-refractivity contribution is 5.25. The maximum absolute atomic E-state index is 5.44. The average Bonchev–Trinajstić information content (AvgIpc) is 2.93. The van der Waals surface area contributed by atoms with Crippen LogP contribution in [-0.4, -0.2) is 36.3 Å². The van der Waals surface area contributed by atoms with E-state index in [4.69, 9.17) is 14.7 Å². The van der Waals surface area contributed by atoms with Crippen molar-refractivity contribution >= 4 is 0 Å². The highest BCUT2D eigenvalue weighted by Crippen LogP contribution is 2.19. The van der Waals surface area contributed by atoms with Crippen LogP contribution in [0, 0.1) is 25.7 Å². The Morgan fingerprint density at radius 2 is 2.00 bits per heavy atom. The van der Waals surface area contributed by atoms with Gasteiger partial charge in [0, 0.05) is 31.0 Å². The standard InChI is InChI=1S/C17H29N3O/c1-5-18-10-12(2)8-16-13(3)19-17(20-14(16)4)9-15-6-7-21-11-15/h12,15,18H,5-11H2,1-4H3. The number of rotatable bonds is 7. The number of aromatic nitrogens is 2. The van der Waals surface area contributed by atoms with Gasteiger partial charge in [0.25, 0.3) is 0 Å². The molecule has 0 spiro atoms. The third kappa shape index (κ3) is 4.75. The molecule has 21 heavy (non-hydrogen) atoms. The summed E-state index contributed by atoms with van der Waals surface area (Å²) in [6.07, 6.45) is 3.15. The van der Waals surface area contributed by atoms with Gasteiger partial charge < -0.3 is 10.1 Å². The van der Waals surface area contributed by atoms with E-state index >= 15 is 0 Å². The quantitative estimate of drug-likeness (QED) is 0.838. The second-order valence-electron chi connectivity index (χ2n) is 6.34. The summed E-state index contributed by atoms with van der Waals surface area (Å²) < 4.78 is 5.44. The first-order valence-electron chi connectivity index (χ1n) is 8.21. The van der Waals surface area contributed by atoms with E-state index < -0.39 is 0 Å². The SMILES string of the molecule is CCNCC(C)Cc1c(C)nc(CC2CCOC2)nc1C. The molecule has 1 aliphatic rings. The van der Waals surface area contributed by atoms with E-state index in [1.807, 2.05) is 0 Å². The summed E-state index contributed by atoms with van der Waals surface area (Å²) in [7, 11) is 0. The van der Waals surface area contributed by atoms with Crippen LogP contribution in [0.3, 0.4) is 0 Å². The lowest BCUT2D eigenvalue weighted by Gasteiger charge is -2.16. The normalized spacial score (nSPS) is 19.9. The van der Waals surface area contributed by atoms with Crippen molar-refractivity contribution in [1.29, 1.82) is 0 Å².